The number of amides is 1. The van der Waals surface area contributed by atoms with Crippen molar-refractivity contribution in [2.45, 2.75) is 45.8 Å². The van der Waals surface area contributed by atoms with Gasteiger partial charge in [-0.1, -0.05) is 30.3 Å². The SMILES string of the molecule is COC(=O)c1nc([C@H](Cc2ccccc2)NC(=O)OC(C)(C)C)n(C)c1C. The zero-order chi connectivity index (χ0) is 20.2. The first-order chi connectivity index (χ1) is 12.6. The molecule has 1 N–H and O–H groups in total. The molecular formula is C20H27N3O4. The number of hydrogen-bond acceptors (Lipinski definition) is 5. The highest BCUT2D eigenvalue weighted by molar-refractivity contribution is 5.88. The van der Waals surface area contributed by atoms with Crippen LogP contribution < -0.4 is 5.32 Å². The van der Waals surface area contributed by atoms with Crippen molar-refractivity contribution in [2.24, 2.45) is 7.05 Å². The van der Waals surface area contributed by atoms with Crippen molar-refractivity contribution in [2.75, 3.05) is 7.11 Å². The quantitative estimate of drug-likeness (QED) is 0.813. The van der Waals surface area contributed by atoms with Gasteiger partial charge in [0.05, 0.1) is 13.2 Å². The van der Waals surface area contributed by atoms with Gasteiger partial charge in [-0.15, -0.1) is 0 Å². The fourth-order valence-corrected chi connectivity index (χ4v) is 2.71. The Kier molecular flexibility index (Phi) is 6.25. The number of rotatable bonds is 5. The maximum absolute atomic E-state index is 12.4. The molecule has 1 amide bonds. The number of imidazole rings is 1. The van der Waals surface area contributed by atoms with Gasteiger partial charge in [-0.05, 0) is 33.3 Å². The first-order valence-electron chi connectivity index (χ1n) is 8.77. The molecule has 0 radical (unpaired) electrons. The Morgan fingerprint density at radius 1 is 1.22 bits per heavy atom. The summed E-state index contributed by atoms with van der Waals surface area (Å²) in [7, 11) is 3.12. The Hall–Kier alpha value is -2.83. The van der Waals surface area contributed by atoms with E-state index in [0.717, 1.165) is 5.56 Å². The van der Waals surface area contributed by atoms with Crippen molar-refractivity contribution in [3.05, 3.63) is 53.1 Å². The van der Waals surface area contributed by atoms with Crippen LogP contribution in [0.2, 0.25) is 0 Å². The number of ether oxygens (including phenoxy) is 2. The number of aromatic nitrogens is 2. The summed E-state index contributed by atoms with van der Waals surface area (Å²) < 4.78 is 12.0. The molecule has 27 heavy (non-hydrogen) atoms. The number of benzene rings is 1. The number of alkyl carbamates (subject to hydrolysis) is 1. The summed E-state index contributed by atoms with van der Waals surface area (Å²) in [6, 6.07) is 9.28. The highest BCUT2D eigenvalue weighted by Gasteiger charge is 2.27. The van der Waals surface area contributed by atoms with E-state index in [1.165, 1.54) is 7.11 Å². The second-order valence-corrected chi connectivity index (χ2v) is 7.34. The van der Waals surface area contributed by atoms with Crippen LogP contribution in [0.25, 0.3) is 0 Å². The predicted octanol–water partition coefficient (Wildman–Crippen LogP) is 3.32. The van der Waals surface area contributed by atoms with Crippen LogP contribution in [0.3, 0.4) is 0 Å². The largest absolute Gasteiger partial charge is 0.464 e. The van der Waals surface area contributed by atoms with E-state index >= 15 is 0 Å². The van der Waals surface area contributed by atoms with Crippen LogP contribution >= 0.6 is 0 Å². The predicted molar refractivity (Wildman–Crippen MR) is 102 cm³/mol. The summed E-state index contributed by atoms with van der Waals surface area (Å²) in [6.07, 6.45) is -0.0333. The molecule has 0 aliphatic carbocycles. The summed E-state index contributed by atoms with van der Waals surface area (Å²) in [6.45, 7) is 7.20. The fourth-order valence-electron chi connectivity index (χ4n) is 2.71. The van der Waals surface area contributed by atoms with Crippen LogP contribution in [0, 0.1) is 6.92 Å². The molecule has 1 atom stereocenters. The summed E-state index contributed by atoms with van der Waals surface area (Å²) >= 11 is 0. The zero-order valence-corrected chi connectivity index (χ0v) is 16.7. The van der Waals surface area contributed by atoms with Crippen molar-refractivity contribution < 1.29 is 19.1 Å². The molecule has 1 aromatic heterocycles. The van der Waals surface area contributed by atoms with E-state index in [9.17, 15) is 9.59 Å². The number of hydrogen-bond donors (Lipinski definition) is 1. The van der Waals surface area contributed by atoms with Gasteiger partial charge < -0.3 is 19.4 Å². The van der Waals surface area contributed by atoms with E-state index in [0.29, 0.717) is 17.9 Å². The summed E-state index contributed by atoms with van der Waals surface area (Å²) in [5.41, 5.74) is 1.31. The van der Waals surface area contributed by atoms with Crippen LogP contribution in [0.15, 0.2) is 30.3 Å². The third-order valence-electron chi connectivity index (χ3n) is 4.08. The molecule has 1 heterocycles. The van der Waals surface area contributed by atoms with Crippen molar-refractivity contribution in [1.82, 2.24) is 14.9 Å². The lowest BCUT2D eigenvalue weighted by Gasteiger charge is -2.23. The van der Waals surface area contributed by atoms with Crippen LogP contribution in [-0.2, 0) is 22.9 Å². The van der Waals surface area contributed by atoms with Gasteiger partial charge in [0.1, 0.15) is 11.4 Å². The number of nitrogens with one attached hydrogen (secondary N) is 1. The summed E-state index contributed by atoms with van der Waals surface area (Å²) in [4.78, 5) is 28.8. The number of carbonyl (C=O) groups is 2. The molecule has 2 rings (SSSR count). The van der Waals surface area contributed by atoms with Crippen molar-refractivity contribution in [3.8, 4) is 0 Å². The van der Waals surface area contributed by atoms with Crippen molar-refractivity contribution >= 4 is 12.1 Å². The Balaban J connectivity index is 2.37. The summed E-state index contributed by atoms with van der Waals surface area (Å²) in [5, 5.41) is 2.88. The smallest absolute Gasteiger partial charge is 0.408 e. The molecule has 7 heteroatoms. The second kappa shape index (κ2) is 8.24. The monoisotopic (exact) mass is 373 g/mol. The third-order valence-corrected chi connectivity index (χ3v) is 4.08. The number of esters is 1. The Morgan fingerprint density at radius 2 is 1.85 bits per heavy atom. The molecule has 146 valence electrons. The second-order valence-electron chi connectivity index (χ2n) is 7.34. The molecule has 0 saturated heterocycles. The zero-order valence-electron chi connectivity index (χ0n) is 16.7. The highest BCUT2D eigenvalue weighted by Crippen LogP contribution is 2.22. The minimum absolute atomic E-state index is 0.235. The van der Waals surface area contributed by atoms with Crippen LogP contribution in [0.5, 0.6) is 0 Å². The molecule has 0 unspecified atom stereocenters. The van der Waals surface area contributed by atoms with E-state index in [1.807, 2.05) is 30.3 Å². The van der Waals surface area contributed by atoms with Gasteiger partial charge in [0.25, 0.3) is 0 Å². The molecule has 0 aliphatic rings. The van der Waals surface area contributed by atoms with E-state index in [1.54, 1.807) is 39.3 Å². The maximum atomic E-state index is 12.4. The standard InChI is InChI=1S/C20H27N3O4/c1-13-16(18(24)26-6)22-17(23(13)5)15(12-14-10-8-7-9-11-14)21-19(25)27-20(2,3)4/h7-11,15H,12H2,1-6H3,(H,21,25)/t15-/m0/s1. The minimum atomic E-state index is -0.615. The van der Waals surface area contributed by atoms with Gasteiger partial charge in [0.2, 0.25) is 0 Å². The van der Waals surface area contributed by atoms with Gasteiger partial charge in [-0.2, -0.15) is 0 Å². The Morgan fingerprint density at radius 3 is 2.41 bits per heavy atom. The van der Waals surface area contributed by atoms with Gasteiger partial charge in [0, 0.05) is 19.2 Å². The lowest BCUT2D eigenvalue weighted by atomic mass is 10.1. The van der Waals surface area contributed by atoms with Gasteiger partial charge in [-0.25, -0.2) is 14.6 Å². The molecule has 0 bridgehead atoms. The molecule has 1 aromatic carbocycles. The van der Waals surface area contributed by atoms with Crippen LogP contribution in [0.1, 0.15) is 54.4 Å². The highest BCUT2D eigenvalue weighted by atomic mass is 16.6. The van der Waals surface area contributed by atoms with E-state index < -0.39 is 23.7 Å². The topological polar surface area (TPSA) is 82.4 Å². The first-order valence-corrected chi connectivity index (χ1v) is 8.77. The molecule has 0 saturated carbocycles. The number of carbonyl (C=O) groups excluding carboxylic acids is 2. The maximum Gasteiger partial charge on any atom is 0.408 e. The molecular weight excluding hydrogens is 346 g/mol. The average Bonchev–Trinajstić information content (AvgIpc) is 2.88. The lowest BCUT2D eigenvalue weighted by Crippen LogP contribution is -2.36. The van der Waals surface area contributed by atoms with Crippen LogP contribution in [-0.4, -0.2) is 34.3 Å². The summed E-state index contributed by atoms with van der Waals surface area (Å²) in [5.74, 6) is 0.0488. The Bertz CT molecular complexity index is 807. The van der Waals surface area contributed by atoms with Gasteiger partial charge in [-0.3, -0.25) is 0 Å². The minimum Gasteiger partial charge on any atom is -0.464 e. The fraction of sp³-hybridized carbons (Fsp3) is 0.450. The van der Waals surface area contributed by atoms with Crippen molar-refractivity contribution in [3.63, 3.8) is 0 Å². The van der Waals surface area contributed by atoms with Gasteiger partial charge in [0.15, 0.2) is 5.69 Å². The number of methoxy groups -OCH3 is 1. The molecule has 0 aliphatic heterocycles. The average molecular weight is 373 g/mol. The van der Waals surface area contributed by atoms with Crippen LogP contribution in [0.4, 0.5) is 4.79 Å². The van der Waals surface area contributed by atoms with E-state index in [2.05, 4.69) is 10.3 Å². The Labute approximate surface area is 159 Å². The van der Waals surface area contributed by atoms with E-state index in [4.69, 9.17) is 9.47 Å². The number of nitrogens with zero attached hydrogens (tertiary/aromatic N) is 2. The lowest BCUT2D eigenvalue weighted by molar-refractivity contribution is 0.0500. The first kappa shape index (κ1) is 20.5. The third kappa shape index (κ3) is 5.32. The molecule has 0 spiro atoms. The van der Waals surface area contributed by atoms with Crippen molar-refractivity contribution in [1.29, 1.82) is 0 Å². The van der Waals surface area contributed by atoms with E-state index in [-0.39, 0.29) is 5.69 Å². The normalized spacial score (nSPS) is 12.4. The van der Waals surface area contributed by atoms with Gasteiger partial charge >= 0.3 is 12.1 Å². The molecule has 2 aromatic rings. The molecule has 0 fully saturated rings. The molecule has 7 nitrogen and oxygen atoms in total.